The molecule has 3 N–H and O–H groups in total. The molecule has 1 aliphatic carbocycles. The number of carbonyl (C=O) groups is 2. The highest BCUT2D eigenvalue weighted by Crippen LogP contribution is 2.43. The van der Waals surface area contributed by atoms with E-state index in [1.165, 1.54) is 0 Å². The maximum Gasteiger partial charge on any atom is 0.315 e. The molecule has 0 bridgehead atoms. The molecule has 0 aromatic heterocycles. The van der Waals surface area contributed by atoms with Crippen molar-refractivity contribution in [1.82, 2.24) is 10.6 Å². The zero-order chi connectivity index (χ0) is 14.3. The molecule has 1 atom stereocenters. The number of nitrogens with one attached hydrogen (secondary N) is 2. The third kappa shape index (κ3) is 5.46. The zero-order valence-corrected chi connectivity index (χ0v) is 11.7. The molecule has 0 heterocycles. The van der Waals surface area contributed by atoms with Gasteiger partial charge in [0.15, 0.2) is 0 Å². The number of carbonyl (C=O) groups excluding carboxylic acids is 1. The molecule has 0 aliphatic heterocycles. The van der Waals surface area contributed by atoms with Crippen molar-refractivity contribution in [3.8, 4) is 0 Å². The number of carboxylic acid groups (broad SMARTS) is 1. The maximum atomic E-state index is 11.7. The van der Waals surface area contributed by atoms with Crippen molar-refractivity contribution < 1.29 is 19.4 Å². The first kappa shape index (κ1) is 15.8. The molecule has 0 aromatic rings. The molecule has 2 amide bonds. The molecular weight excluding hydrogens is 248 g/mol. The van der Waals surface area contributed by atoms with Crippen LogP contribution in [0.15, 0.2) is 0 Å². The van der Waals surface area contributed by atoms with Crippen LogP contribution < -0.4 is 10.6 Å². The first-order valence-corrected chi connectivity index (χ1v) is 6.72. The predicted octanol–water partition coefficient (Wildman–Crippen LogP) is 1.36. The van der Waals surface area contributed by atoms with Crippen LogP contribution in [0.1, 0.15) is 39.0 Å². The molecule has 0 radical (unpaired) electrons. The molecule has 0 aromatic carbocycles. The van der Waals surface area contributed by atoms with E-state index in [2.05, 4.69) is 10.6 Å². The second-order valence-electron chi connectivity index (χ2n) is 5.43. The van der Waals surface area contributed by atoms with Crippen molar-refractivity contribution in [3.05, 3.63) is 0 Å². The van der Waals surface area contributed by atoms with Crippen LogP contribution >= 0.6 is 0 Å². The minimum atomic E-state index is -0.796. The topological polar surface area (TPSA) is 87.7 Å². The summed E-state index contributed by atoms with van der Waals surface area (Å²) in [7, 11) is 1.62. The molecular formula is C13H24N2O4. The summed E-state index contributed by atoms with van der Waals surface area (Å²) in [5.74, 6) is -0.796. The van der Waals surface area contributed by atoms with Gasteiger partial charge in [-0.2, -0.15) is 0 Å². The first-order chi connectivity index (χ1) is 8.97. The molecule has 1 saturated carbocycles. The van der Waals surface area contributed by atoms with Gasteiger partial charge in [0.1, 0.15) is 0 Å². The van der Waals surface area contributed by atoms with Crippen molar-refractivity contribution in [2.75, 3.05) is 20.3 Å². The van der Waals surface area contributed by atoms with Crippen LogP contribution in [0.3, 0.4) is 0 Å². The number of amides is 2. The Morgan fingerprint density at radius 3 is 2.58 bits per heavy atom. The first-order valence-electron chi connectivity index (χ1n) is 6.72. The number of urea groups is 1. The Morgan fingerprint density at radius 1 is 1.42 bits per heavy atom. The highest BCUT2D eigenvalue weighted by atomic mass is 16.5. The number of rotatable bonds is 8. The Bertz CT molecular complexity index is 316. The SMILES string of the molecule is COCCC(C)NC(=O)NCC1(CC(=O)O)CCC1. The van der Waals surface area contributed by atoms with E-state index in [0.29, 0.717) is 13.2 Å². The van der Waals surface area contributed by atoms with Gasteiger partial charge < -0.3 is 20.5 Å². The van der Waals surface area contributed by atoms with E-state index < -0.39 is 5.97 Å². The van der Waals surface area contributed by atoms with Crippen molar-refractivity contribution in [2.24, 2.45) is 5.41 Å². The third-order valence-electron chi connectivity index (χ3n) is 3.70. The van der Waals surface area contributed by atoms with Gasteiger partial charge in [0.05, 0.1) is 6.42 Å². The number of hydrogen-bond acceptors (Lipinski definition) is 3. The fourth-order valence-electron chi connectivity index (χ4n) is 2.32. The van der Waals surface area contributed by atoms with Crippen molar-refractivity contribution in [2.45, 2.75) is 45.1 Å². The Hall–Kier alpha value is -1.30. The second kappa shape index (κ2) is 7.33. The summed E-state index contributed by atoms with van der Waals surface area (Å²) in [6, 6.07) is -0.197. The van der Waals surface area contributed by atoms with E-state index >= 15 is 0 Å². The van der Waals surface area contributed by atoms with Gasteiger partial charge in [0.2, 0.25) is 0 Å². The van der Waals surface area contributed by atoms with E-state index in [0.717, 1.165) is 25.7 Å². The Labute approximate surface area is 113 Å². The standard InChI is InChI=1S/C13H24N2O4/c1-10(4-7-19-2)15-12(18)14-9-13(5-3-6-13)8-11(16)17/h10H,3-9H2,1-2H3,(H,16,17)(H2,14,15,18). The molecule has 1 aliphatic rings. The lowest BCUT2D eigenvalue weighted by Gasteiger charge is -2.40. The molecule has 6 heteroatoms. The molecule has 1 rings (SSSR count). The largest absolute Gasteiger partial charge is 0.481 e. The predicted molar refractivity (Wildman–Crippen MR) is 71.0 cm³/mol. The van der Waals surface area contributed by atoms with Crippen LogP contribution in [0.25, 0.3) is 0 Å². The van der Waals surface area contributed by atoms with Crippen LogP contribution in [0, 0.1) is 5.41 Å². The quantitative estimate of drug-likeness (QED) is 0.622. The Balaban J connectivity index is 2.26. The number of aliphatic carboxylic acids is 1. The molecule has 1 unspecified atom stereocenters. The summed E-state index contributed by atoms with van der Waals surface area (Å²) >= 11 is 0. The smallest absolute Gasteiger partial charge is 0.315 e. The summed E-state index contributed by atoms with van der Waals surface area (Å²) in [6.45, 7) is 2.95. The van der Waals surface area contributed by atoms with Crippen LogP contribution in [-0.4, -0.2) is 43.4 Å². The van der Waals surface area contributed by atoms with E-state index in [-0.39, 0.29) is 23.9 Å². The van der Waals surface area contributed by atoms with Gasteiger partial charge in [-0.1, -0.05) is 6.42 Å². The summed E-state index contributed by atoms with van der Waals surface area (Å²) in [6.07, 6.45) is 3.68. The minimum Gasteiger partial charge on any atom is -0.481 e. The molecule has 19 heavy (non-hydrogen) atoms. The lowest BCUT2D eigenvalue weighted by Crippen LogP contribution is -2.48. The highest BCUT2D eigenvalue weighted by Gasteiger charge is 2.39. The summed E-state index contributed by atoms with van der Waals surface area (Å²) in [5.41, 5.74) is -0.237. The van der Waals surface area contributed by atoms with Crippen LogP contribution in [0.2, 0.25) is 0 Å². The Kier molecular flexibility index (Phi) is 6.08. The number of hydrogen-bond donors (Lipinski definition) is 3. The van der Waals surface area contributed by atoms with Crippen molar-refractivity contribution in [3.63, 3.8) is 0 Å². The minimum absolute atomic E-state index is 0.0387. The van der Waals surface area contributed by atoms with Gasteiger partial charge in [-0.05, 0) is 31.6 Å². The van der Waals surface area contributed by atoms with E-state index in [1.807, 2.05) is 6.92 Å². The third-order valence-corrected chi connectivity index (χ3v) is 3.70. The van der Waals surface area contributed by atoms with E-state index in [9.17, 15) is 9.59 Å². The molecule has 1 fully saturated rings. The Morgan fingerprint density at radius 2 is 2.11 bits per heavy atom. The van der Waals surface area contributed by atoms with Gasteiger partial charge in [-0.25, -0.2) is 4.79 Å². The van der Waals surface area contributed by atoms with Crippen LogP contribution in [0.4, 0.5) is 4.79 Å². The van der Waals surface area contributed by atoms with Crippen molar-refractivity contribution >= 4 is 12.0 Å². The molecule has 6 nitrogen and oxygen atoms in total. The summed E-state index contributed by atoms with van der Waals surface area (Å²) in [5, 5.41) is 14.5. The van der Waals surface area contributed by atoms with E-state index in [1.54, 1.807) is 7.11 Å². The van der Waals surface area contributed by atoms with Gasteiger partial charge in [0, 0.05) is 26.3 Å². The number of carboxylic acids is 1. The lowest BCUT2D eigenvalue weighted by molar-refractivity contribution is -0.141. The van der Waals surface area contributed by atoms with Crippen LogP contribution in [-0.2, 0) is 9.53 Å². The van der Waals surface area contributed by atoms with Gasteiger partial charge in [-0.3, -0.25) is 4.79 Å². The normalized spacial score (nSPS) is 18.2. The fourth-order valence-corrected chi connectivity index (χ4v) is 2.32. The molecule has 0 spiro atoms. The average Bonchev–Trinajstić information content (AvgIpc) is 2.29. The zero-order valence-electron chi connectivity index (χ0n) is 11.7. The fraction of sp³-hybridized carbons (Fsp3) is 0.846. The number of methoxy groups -OCH3 is 1. The maximum absolute atomic E-state index is 11.7. The van der Waals surface area contributed by atoms with E-state index in [4.69, 9.17) is 9.84 Å². The van der Waals surface area contributed by atoms with Crippen molar-refractivity contribution in [1.29, 1.82) is 0 Å². The summed E-state index contributed by atoms with van der Waals surface area (Å²) in [4.78, 5) is 22.5. The average molecular weight is 272 g/mol. The molecule has 110 valence electrons. The summed E-state index contributed by atoms with van der Waals surface area (Å²) < 4.78 is 4.94. The van der Waals surface area contributed by atoms with Gasteiger partial charge in [0.25, 0.3) is 0 Å². The molecule has 0 saturated heterocycles. The lowest BCUT2D eigenvalue weighted by atomic mass is 9.66. The van der Waals surface area contributed by atoms with Gasteiger partial charge in [-0.15, -0.1) is 0 Å². The number of ether oxygens (including phenoxy) is 1. The second-order valence-corrected chi connectivity index (χ2v) is 5.43. The highest BCUT2D eigenvalue weighted by molar-refractivity contribution is 5.74. The monoisotopic (exact) mass is 272 g/mol. The van der Waals surface area contributed by atoms with Crippen LogP contribution in [0.5, 0.6) is 0 Å². The van der Waals surface area contributed by atoms with Gasteiger partial charge >= 0.3 is 12.0 Å².